The van der Waals surface area contributed by atoms with Crippen molar-refractivity contribution < 1.29 is 9.90 Å². The summed E-state index contributed by atoms with van der Waals surface area (Å²) in [5, 5.41) is 21.1. The number of rotatable bonds is 6. The van der Waals surface area contributed by atoms with Gasteiger partial charge in [0.2, 0.25) is 5.91 Å². The Morgan fingerprint density at radius 2 is 2.44 bits per heavy atom. The zero-order chi connectivity index (χ0) is 12.8. The zero-order valence-electron chi connectivity index (χ0n) is 9.74. The second-order valence-electron chi connectivity index (χ2n) is 3.74. The third-order valence-electron chi connectivity index (χ3n) is 2.33. The molecule has 2 aromatic heterocycles. The molecule has 0 unspecified atom stereocenters. The Morgan fingerprint density at radius 1 is 1.56 bits per heavy atom. The Labute approximate surface area is 108 Å². The summed E-state index contributed by atoms with van der Waals surface area (Å²) in [7, 11) is 0. The average molecular weight is 266 g/mol. The summed E-state index contributed by atoms with van der Waals surface area (Å²) < 4.78 is 1.41. The molecule has 0 saturated carbocycles. The number of thiophene rings is 1. The number of aliphatic hydroxyl groups is 1. The fourth-order valence-electron chi connectivity index (χ4n) is 1.47. The van der Waals surface area contributed by atoms with Gasteiger partial charge in [-0.15, -0.1) is 16.4 Å². The molecule has 0 saturated heterocycles. The summed E-state index contributed by atoms with van der Waals surface area (Å²) in [5.41, 5.74) is 0.460. The molecule has 0 spiro atoms. The minimum absolute atomic E-state index is 0.110. The predicted octanol–water partition coefficient (Wildman–Crippen LogP) is 0.191. The molecule has 0 radical (unpaired) electrons. The number of amides is 1. The minimum atomic E-state index is -0.167. The van der Waals surface area contributed by atoms with Gasteiger partial charge in [-0.05, 0) is 17.9 Å². The van der Waals surface area contributed by atoms with Crippen molar-refractivity contribution in [2.45, 2.75) is 19.6 Å². The highest BCUT2D eigenvalue weighted by Crippen LogP contribution is 2.07. The molecule has 1 amide bonds. The fraction of sp³-hybridized carbons (Fsp3) is 0.364. The van der Waals surface area contributed by atoms with Crippen LogP contribution < -0.4 is 5.32 Å². The van der Waals surface area contributed by atoms with E-state index < -0.39 is 0 Å². The summed E-state index contributed by atoms with van der Waals surface area (Å²) in [5.74, 6) is -0.110. The molecular weight excluding hydrogens is 252 g/mol. The van der Waals surface area contributed by atoms with Gasteiger partial charge < -0.3 is 10.4 Å². The summed E-state index contributed by atoms with van der Waals surface area (Å²) in [6.07, 6.45) is 2.39. The van der Waals surface area contributed by atoms with Gasteiger partial charge in [-0.1, -0.05) is 11.3 Å². The van der Waals surface area contributed by atoms with Crippen molar-refractivity contribution in [2.75, 3.05) is 6.54 Å². The smallest absolute Gasteiger partial charge is 0.241 e. The summed E-state index contributed by atoms with van der Waals surface area (Å²) in [4.78, 5) is 12.8. The van der Waals surface area contributed by atoms with Crippen LogP contribution >= 0.6 is 11.3 Å². The van der Waals surface area contributed by atoms with Gasteiger partial charge in [-0.2, -0.15) is 0 Å². The van der Waals surface area contributed by atoms with Gasteiger partial charge in [0.25, 0.3) is 0 Å². The maximum Gasteiger partial charge on any atom is 0.241 e. The second kappa shape index (κ2) is 6.27. The predicted molar refractivity (Wildman–Crippen MR) is 67.0 cm³/mol. The summed E-state index contributed by atoms with van der Waals surface area (Å²) >= 11 is 1.68. The van der Waals surface area contributed by atoms with Gasteiger partial charge in [0, 0.05) is 11.4 Å². The van der Waals surface area contributed by atoms with E-state index in [9.17, 15) is 4.79 Å². The largest absolute Gasteiger partial charge is 0.390 e. The molecular formula is C11H14N4O2S. The Morgan fingerprint density at radius 3 is 3.11 bits per heavy atom. The van der Waals surface area contributed by atoms with Crippen LogP contribution in [0.1, 0.15) is 10.6 Å². The van der Waals surface area contributed by atoms with Gasteiger partial charge in [0.1, 0.15) is 12.2 Å². The van der Waals surface area contributed by atoms with Crippen LogP contribution in [0.25, 0.3) is 0 Å². The molecule has 0 aliphatic rings. The van der Waals surface area contributed by atoms with E-state index in [1.807, 2.05) is 17.5 Å². The second-order valence-corrected chi connectivity index (χ2v) is 4.78. The zero-order valence-corrected chi connectivity index (χ0v) is 10.6. The van der Waals surface area contributed by atoms with Crippen molar-refractivity contribution in [1.82, 2.24) is 20.3 Å². The van der Waals surface area contributed by atoms with Crippen LogP contribution in [0.3, 0.4) is 0 Å². The highest BCUT2D eigenvalue weighted by Gasteiger charge is 2.05. The van der Waals surface area contributed by atoms with E-state index >= 15 is 0 Å². The lowest BCUT2D eigenvalue weighted by molar-refractivity contribution is -0.121. The molecule has 0 bridgehead atoms. The fourth-order valence-corrected chi connectivity index (χ4v) is 2.18. The van der Waals surface area contributed by atoms with Crippen molar-refractivity contribution in [2.24, 2.45) is 0 Å². The molecule has 2 N–H and O–H groups in total. The standard InChI is InChI=1S/C11H14N4O2S/c16-8-9-6-15(14-13-9)7-11(17)12-4-3-10-2-1-5-18-10/h1-2,5-6,16H,3-4,7-8H2,(H,12,17). The highest BCUT2D eigenvalue weighted by molar-refractivity contribution is 7.09. The van der Waals surface area contributed by atoms with E-state index in [1.165, 1.54) is 9.56 Å². The molecule has 7 heteroatoms. The third kappa shape index (κ3) is 3.64. The van der Waals surface area contributed by atoms with E-state index in [4.69, 9.17) is 5.11 Å². The van der Waals surface area contributed by atoms with Gasteiger partial charge in [0.15, 0.2) is 0 Å². The molecule has 0 atom stereocenters. The topological polar surface area (TPSA) is 80.0 Å². The van der Waals surface area contributed by atoms with Crippen LogP contribution in [0.4, 0.5) is 0 Å². The van der Waals surface area contributed by atoms with Crippen molar-refractivity contribution in [1.29, 1.82) is 0 Å². The molecule has 6 nitrogen and oxygen atoms in total. The number of nitrogens with zero attached hydrogens (tertiary/aromatic N) is 3. The first-order chi connectivity index (χ1) is 8.78. The number of carbonyl (C=O) groups is 1. The Balaban J connectivity index is 1.71. The number of aliphatic hydroxyl groups excluding tert-OH is 1. The third-order valence-corrected chi connectivity index (χ3v) is 3.26. The lowest BCUT2D eigenvalue weighted by Gasteiger charge is -2.03. The maximum absolute atomic E-state index is 11.6. The van der Waals surface area contributed by atoms with Crippen molar-refractivity contribution in [3.63, 3.8) is 0 Å². The summed E-state index contributed by atoms with van der Waals surface area (Å²) in [6.45, 7) is 0.568. The lowest BCUT2D eigenvalue weighted by Crippen LogP contribution is -2.29. The number of nitrogens with one attached hydrogen (secondary N) is 1. The number of hydrogen-bond donors (Lipinski definition) is 2. The Bertz CT molecular complexity index is 495. The highest BCUT2D eigenvalue weighted by atomic mass is 32.1. The monoisotopic (exact) mass is 266 g/mol. The van der Waals surface area contributed by atoms with Crippen LogP contribution in [-0.4, -0.2) is 32.6 Å². The first-order valence-electron chi connectivity index (χ1n) is 5.57. The van der Waals surface area contributed by atoms with Gasteiger partial charge in [-0.3, -0.25) is 4.79 Å². The molecule has 96 valence electrons. The van der Waals surface area contributed by atoms with Crippen LogP contribution in [0.2, 0.25) is 0 Å². The van der Waals surface area contributed by atoms with Crippen molar-refractivity contribution in [3.05, 3.63) is 34.3 Å². The van der Waals surface area contributed by atoms with Crippen molar-refractivity contribution >= 4 is 17.2 Å². The maximum atomic E-state index is 11.6. The molecule has 0 fully saturated rings. The van der Waals surface area contributed by atoms with E-state index in [0.717, 1.165) is 6.42 Å². The first-order valence-corrected chi connectivity index (χ1v) is 6.45. The molecule has 0 aromatic carbocycles. The van der Waals surface area contributed by atoms with E-state index in [2.05, 4.69) is 15.6 Å². The van der Waals surface area contributed by atoms with E-state index in [0.29, 0.717) is 12.2 Å². The van der Waals surface area contributed by atoms with Crippen LogP contribution in [0, 0.1) is 0 Å². The Hall–Kier alpha value is -1.73. The molecule has 2 aromatic rings. The molecule has 2 heterocycles. The van der Waals surface area contributed by atoms with E-state index in [-0.39, 0.29) is 19.1 Å². The molecule has 2 rings (SSSR count). The SMILES string of the molecule is O=C(Cn1cc(CO)nn1)NCCc1cccs1. The molecule has 18 heavy (non-hydrogen) atoms. The number of hydrogen-bond acceptors (Lipinski definition) is 5. The first kappa shape index (κ1) is 12.7. The van der Waals surface area contributed by atoms with Crippen molar-refractivity contribution in [3.8, 4) is 0 Å². The van der Waals surface area contributed by atoms with Crippen LogP contribution in [0.15, 0.2) is 23.7 Å². The average Bonchev–Trinajstić information content (AvgIpc) is 3.00. The number of aromatic nitrogens is 3. The molecule has 0 aliphatic carbocycles. The molecule has 0 aliphatic heterocycles. The quantitative estimate of drug-likeness (QED) is 0.782. The summed E-state index contributed by atoms with van der Waals surface area (Å²) in [6, 6.07) is 4.04. The minimum Gasteiger partial charge on any atom is -0.390 e. The normalized spacial score (nSPS) is 10.5. The number of carbonyl (C=O) groups excluding carboxylic acids is 1. The van der Waals surface area contributed by atoms with Gasteiger partial charge in [-0.25, -0.2) is 4.68 Å². The lowest BCUT2D eigenvalue weighted by atomic mass is 10.3. The van der Waals surface area contributed by atoms with Crippen LogP contribution in [0.5, 0.6) is 0 Å². The van der Waals surface area contributed by atoms with Gasteiger partial charge in [0.05, 0.1) is 12.8 Å². The van der Waals surface area contributed by atoms with Gasteiger partial charge >= 0.3 is 0 Å². The van der Waals surface area contributed by atoms with E-state index in [1.54, 1.807) is 17.5 Å². The Kier molecular flexibility index (Phi) is 4.43. The van der Waals surface area contributed by atoms with Crippen LogP contribution in [-0.2, 0) is 24.4 Å².